The third-order valence-corrected chi connectivity index (χ3v) is 7.19. The zero-order valence-electron chi connectivity index (χ0n) is 18.4. The summed E-state index contributed by atoms with van der Waals surface area (Å²) in [5.41, 5.74) is 0. The first-order valence-electron chi connectivity index (χ1n) is 12.4. The predicted molar refractivity (Wildman–Crippen MR) is 115 cm³/mol. The summed E-state index contributed by atoms with van der Waals surface area (Å²) >= 11 is 0. The van der Waals surface area contributed by atoms with Crippen LogP contribution in [0, 0.1) is 17.8 Å². The number of carbonyl (C=O) groups is 1. The third kappa shape index (κ3) is 9.01. The van der Waals surface area contributed by atoms with Crippen molar-refractivity contribution in [2.75, 3.05) is 0 Å². The van der Waals surface area contributed by atoms with Crippen LogP contribution in [0.5, 0.6) is 0 Å². The van der Waals surface area contributed by atoms with Gasteiger partial charge in [0.05, 0.1) is 5.92 Å². The van der Waals surface area contributed by atoms with Crippen LogP contribution in [0.25, 0.3) is 0 Å². The van der Waals surface area contributed by atoms with Crippen molar-refractivity contribution in [3.05, 3.63) is 0 Å². The van der Waals surface area contributed by atoms with Gasteiger partial charge in [-0.05, 0) is 63.2 Å². The first-order valence-corrected chi connectivity index (χ1v) is 12.4. The van der Waals surface area contributed by atoms with E-state index >= 15 is 0 Å². The minimum absolute atomic E-state index is 0.130. The summed E-state index contributed by atoms with van der Waals surface area (Å²) in [4.78, 5) is 12.6. The van der Waals surface area contributed by atoms with E-state index in [9.17, 15) is 4.79 Å². The second-order valence-electron chi connectivity index (χ2n) is 9.50. The van der Waals surface area contributed by atoms with Gasteiger partial charge in [0.15, 0.2) is 0 Å². The molecule has 0 unspecified atom stereocenters. The Kier molecular flexibility index (Phi) is 11.5. The van der Waals surface area contributed by atoms with E-state index in [1.165, 1.54) is 89.9 Å². The fourth-order valence-corrected chi connectivity index (χ4v) is 5.21. The van der Waals surface area contributed by atoms with E-state index in [2.05, 4.69) is 13.8 Å². The summed E-state index contributed by atoms with van der Waals surface area (Å²) in [5.74, 6) is 2.09. The second-order valence-corrected chi connectivity index (χ2v) is 9.50. The monoisotopic (exact) mass is 378 g/mol. The lowest BCUT2D eigenvalue weighted by atomic mass is 9.79. The van der Waals surface area contributed by atoms with Gasteiger partial charge in [-0.2, -0.15) is 0 Å². The molecule has 0 spiro atoms. The number of hydrogen-bond acceptors (Lipinski definition) is 2. The molecular weight excluding hydrogens is 332 g/mol. The van der Waals surface area contributed by atoms with Crippen LogP contribution in [0.3, 0.4) is 0 Å². The lowest BCUT2D eigenvalue weighted by Gasteiger charge is -2.31. The van der Waals surface area contributed by atoms with Crippen LogP contribution in [-0.2, 0) is 9.53 Å². The zero-order chi connectivity index (χ0) is 19.3. The van der Waals surface area contributed by atoms with E-state index in [1.54, 1.807) is 0 Å². The minimum atomic E-state index is 0.130. The molecule has 2 fully saturated rings. The van der Waals surface area contributed by atoms with Crippen molar-refractivity contribution in [2.45, 2.75) is 136 Å². The average Bonchev–Trinajstić information content (AvgIpc) is 2.70. The fraction of sp³-hybridized carbons (Fsp3) is 0.960. The Morgan fingerprint density at radius 1 is 0.667 bits per heavy atom. The SMILES string of the molecule is CCCCCCC[C@H]1CC[C@H](C(=O)O[C@H]2CC[C@H](CCCCC)CC2)CC1. The molecule has 0 aromatic heterocycles. The Balaban J connectivity index is 1.54. The van der Waals surface area contributed by atoms with Gasteiger partial charge in [0.1, 0.15) is 6.10 Å². The van der Waals surface area contributed by atoms with Crippen LogP contribution in [0.15, 0.2) is 0 Å². The number of unbranched alkanes of at least 4 members (excludes halogenated alkanes) is 6. The fourth-order valence-electron chi connectivity index (χ4n) is 5.21. The Bertz CT molecular complexity index is 376. The van der Waals surface area contributed by atoms with Crippen molar-refractivity contribution in [1.82, 2.24) is 0 Å². The van der Waals surface area contributed by atoms with Gasteiger partial charge in [0, 0.05) is 0 Å². The van der Waals surface area contributed by atoms with Crippen molar-refractivity contribution < 1.29 is 9.53 Å². The molecule has 0 aromatic carbocycles. The van der Waals surface area contributed by atoms with Gasteiger partial charge in [-0.3, -0.25) is 4.79 Å². The van der Waals surface area contributed by atoms with Gasteiger partial charge in [0.25, 0.3) is 0 Å². The van der Waals surface area contributed by atoms with Gasteiger partial charge in [-0.1, -0.05) is 78.1 Å². The number of ether oxygens (including phenoxy) is 1. The predicted octanol–water partition coefficient (Wildman–Crippen LogP) is 7.84. The Labute approximate surface area is 169 Å². The van der Waals surface area contributed by atoms with Crippen LogP contribution in [-0.4, -0.2) is 12.1 Å². The molecule has 0 aliphatic heterocycles. The third-order valence-electron chi connectivity index (χ3n) is 7.19. The highest BCUT2D eigenvalue weighted by Gasteiger charge is 2.30. The van der Waals surface area contributed by atoms with Crippen molar-refractivity contribution in [3.63, 3.8) is 0 Å². The molecule has 2 heteroatoms. The van der Waals surface area contributed by atoms with E-state index in [-0.39, 0.29) is 18.0 Å². The van der Waals surface area contributed by atoms with Gasteiger partial charge >= 0.3 is 5.97 Å². The van der Waals surface area contributed by atoms with Crippen molar-refractivity contribution >= 4 is 5.97 Å². The Hall–Kier alpha value is -0.530. The highest BCUT2D eigenvalue weighted by molar-refractivity contribution is 5.72. The van der Waals surface area contributed by atoms with E-state index in [4.69, 9.17) is 4.74 Å². The average molecular weight is 379 g/mol. The van der Waals surface area contributed by atoms with Crippen molar-refractivity contribution in [2.24, 2.45) is 17.8 Å². The molecule has 2 aliphatic carbocycles. The molecule has 2 saturated carbocycles. The minimum Gasteiger partial charge on any atom is -0.462 e. The van der Waals surface area contributed by atoms with Gasteiger partial charge < -0.3 is 4.74 Å². The molecule has 0 N–H and O–H groups in total. The first-order chi connectivity index (χ1) is 13.2. The largest absolute Gasteiger partial charge is 0.462 e. The number of carbonyl (C=O) groups excluding carboxylic acids is 1. The molecule has 158 valence electrons. The quantitative estimate of drug-likeness (QED) is 0.255. The van der Waals surface area contributed by atoms with Crippen LogP contribution in [0.4, 0.5) is 0 Å². The molecule has 0 saturated heterocycles. The molecule has 2 nitrogen and oxygen atoms in total. The maximum atomic E-state index is 12.6. The van der Waals surface area contributed by atoms with Crippen LogP contribution in [0.1, 0.15) is 129 Å². The molecule has 0 bridgehead atoms. The normalized spacial score (nSPS) is 28.8. The molecule has 2 aliphatic rings. The van der Waals surface area contributed by atoms with E-state index in [0.717, 1.165) is 37.5 Å². The molecule has 0 amide bonds. The maximum absolute atomic E-state index is 12.6. The van der Waals surface area contributed by atoms with E-state index < -0.39 is 0 Å². The van der Waals surface area contributed by atoms with Crippen LogP contribution >= 0.6 is 0 Å². The van der Waals surface area contributed by atoms with Crippen molar-refractivity contribution in [3.8, 4) is 0 Å². The zero-order valence-corrected chi connectivity index (χ0v) is 18.4. The van der Waals surface area contributed by atoms with E-state index in [1.807, 2.05) is 0 Å². The van der Waals surface area contributed by atoms with Crippen LogP contribution < -0.4 is 0 Å². The summed E-state index contributed by atoms with van der Waals surface area (Å²) in [6.07, 6.45) is 23.4. The summed E-state index contributed by atoms with van der Waals surface area (Å²) in [6, 6.07) is 0. The molecule has 0 aromatic rings. The highest BCUT2D eigenvalue weighted by atomic mass is 16.5. The number of hydrogen-bond donors (Lipinski definition) is 0. The maximum Gasteiger partial charge on any atom is 0.309 e. The molecule has 0 heterocycles. The Morgan fingerprint density at radius 2 is 1.15 bits per heavy atom. The summed E-state index contributed by atoms with van der Waals surface area (Å²) in [6.45, 7) is 4.55. The molecule has 2 rings (SSSR count). The second kappa shape index (κ2) is 13.6. The first kappa shape index (κ1) is 22.8. The Morgan fingerprint density at radius 3 is 1.74 bits per heavy atom. The van der Waals surface area contributed by atoms with E-state index in [0.29, 0.717) is 0 Å². The summed E-state index contributed by atoms with van der Waals surface area (Å²) in [5, 5.41) is 0. The number of rotatable bonds is 12. The van der Waals surface area contributed by atoms with Gasteiger partial charge in [0.2, 0.25) is 0 Å². The standard InChI is InChI=1S/C25H46O2/c1-3-5-7-8-10-12-21-13-17-23(18-14-21)25(26)27-24-19-15-22(16-20-24)11-9-6-4-2/h21-24H,3-20H2,1-2H3/t21-,22-,23-,24-. The smallest absolute Gasteiger partial charge is 0.309 e. The molecule has 0 atom stereocenters. The highest BCUT2D eigenvalue weighted by Crippen LogP contribution is 2.35. The van der Waals surface area contributed by atoms with Gasteiger partial charge in [-0.25, -0.2) is 0 Å². The molecule has 27 heavy (non-hydrogen) atoms. The topological polar surface area (TPSA) is 26.3 Å². The lowest BCUT2D eigenvalue weighted by Crippen LogP contribution is -2.30. The number of esters is 1. The van der Waals surface area contributed by atoms with Crippen molar-refractivity contribution in [1.29, 1.82) is 0 Å². The molecule has 0 radical (unpaired) electrons. The summed E-state index contributed by atoms with van der Waals surface area (Å²) in [7, 11) is 0. The van der Waals surface area contributed by atoms with Crippen LogP contribution in [0.2, 0.25) is 0 Å². The lowest BCUT2D eigenvalue weighted by molar-refractivity contribution is -0.157. The summed E-state index contributed by atoms with van der Waals surface area (Å²) < 4.78 is 5.93. The van der Waals surface area contributed by atoms with Gasteiger partial charge in [-0.15, -0.1) is 0 Å². The molecular formula is C25H46O2.